The molecule has 0 heterocycles. The van der Waals surface area contributed by atoms with E-state index in [-0.39, 0.29) is 18.1 Å². The van der Waals surface area contributed by atoms with E-state index in [1.165, 1.54) is 6.07 Å². The zero-order chi connectivity index (χ0) is 14.4. The molecule has 0 N–H and O–H groups in total. The van der Waals surface area contributed by atoms with Crippen LogP contribution in [0.15, 0.2) is 48.5 Å². The third-order valence-electron chi connectivity index (χ3n) is 2.80. The van der Waals surface area contributed by atoms with Gasteiger partial charge in [0.1, 0.15) is 5.75 Å². The van der Waals surface area contributed by atoms with Crippen molar-refractivity contribution < 1.29 is 18.3 Å². The quantitative estimate of drug-likeness (QED) is 0.588. The normalized spacial score (nSPS) is 10.3. The summed E-state index contributed by atoms with van der Waals surface area (Å²) in [5.41, 5.74) is 0.667. The van der Waals surface area contributed by atoms with Gasteiger partial charge in [-0.25, -0.2) is 8.78 Å². The van der Waals surface area contributed by atoms with Gasteiger partial charge in [0.25, 0.3) is 0 Å². The maximum atomic E-state index is 12.9. The van der Waals surface area contributed by atoms with Crippen molar-refractivity contribution in [1.29, 1.82) is 0 Å². The van der Waals surface area contributed by atoms with Crippen molar-refractivity contribution in [2.45, 2.75) is 12.8 Å². The lowest BCUT2D eigenvalue weighted by molar-refractivity contribution is 0.0973. The van der Waals surface area contributed by atoms with Gasteiger partial charge in [0.15, 0.2) is 17.4 Å². The summed E-state index contributed by atoms with van der Waals surface area (Å²) in [7, 11) is 0. The van der Waals surface area contributed by atoms with Crippen LogP contribution in [-0.4, -0.2) is 12.4 Å². The van der Waals surface area contributed by atoms with Crippen molar-refractivity contribution in [3.8, 4) is 5.75 Å². The molecule has 0 aliphatic heterocycles. The predicted octanol–water partition coefficient (Wildman–Crippen LogP) is 4.01. The van der Waals surface area contributed by atoms with E-state index < -0.39 is 11.6 Å². The highest BCUT2D eigenvalue weighted by molar-refractivity contribution is 5.95. The lowest BCUT2D eigenvalue weighted by atomic mass is 10.1. The molecular weight excluding hydrogens is 262 g/mol. The zero-order valence-electron chi connectivity index (χ0n) is 10.8. The van der Waals surface area contributed by atoms with Gasteiger partial charge in [-0.05, 0) is 18.6 Å². The number of ketones is 1. The van der Waals surface area contributed by atoms with Crippen LogP contribution in [0.3, 0.4) is 0 Å². The van der Waals surface area contributed by atoms with Crippen LogP contribution in [0.1, 0.15) is 23.2 Å². The highest BCUT2D eigenvalue weighted by atomic mass is 19.2. The van der Waals surface area contributed by atoms with Crippen molar-refractivity contribution in [3.63, 3.8) is 0 Å². The van der Waals surface area contributed by atoms with Crippen molar-refractivity contribution in [2.75, 3.05) is 6.61 Å². The Morgan fingerprint density at radius 3 is 2.45 bits per heavy atom. The summed E-state index contributed by atoms with van der Waals surface area (Å²) in [6.07, 6.45) is 0.875. The van der Waals surface area contributed by atoms with Gasteiger partial charge >= 0.3 is 0 Å². The average Bonchev–Trinajstić information content (AvgIpc) is 2.48. The summed E-state index contributed by atoms with van der Waals surface area (Å²) in [6, 6.07) is 12.4. The van der Waals surface area contributed by atoms with Crippen LogP contribution in [0.2, 0.25) is 0 Å². The molecule has 0 aromatic heterocycles. The van der Waals surface area contributed by atoms with Gasteiger partial charge in [-0.3, -0.25) is 4.79 Å². The largest absolute Gasteiger partial charge is 0.493 e. The Kier molecular flexibility index (Phi) is 4.82. The molecule has 0 saturated heterocycles. The maximum Gasteiger partial charge on any atom is 0.163 e. The van der Waals surface area contributed by atoms with Crippen LogP contribution >= 0.6 is 0 Å². The summed E-state index contributed by atoms with van der Waals surface area (Å²) in [5, 5.41) is 0. The van der Waals surface area contributed by atoms with E-state index in [0.29, 0.717) is 18.4 Å². The third kappa shape index (κ3) is 3.88. The van der Waals surface area contributed by atoms with E-state index in [1.54, 1.807) is 12.1 Å². The fourth-order valence-corrected chi connectivity index (χ4v) is 1.76. The highest BCUT2D eigenvalue weighted by Gasteiger charge is 2.06. The molecule has 2 aromatic carbocycles. The van der Waals surface area contributed by atoms with Crippen molar-refractivity contribution >= 4 is 5.78 Å². The first-order chi connectivity index (χ1) is 9.66. The van der Waals surface area contributed by atoms with Gasteiger partial charge in [0.05, 0.1) is 6.61 Å². The molecule has 104 valence electrons. The SMILES string of the molecule is O=C(CCCOc1ccc(F)c(F)c1)c1ccccc1. The molecule has 0 aliphatic carbocycles. The minimum absolute atomic E-state index is 0.0412. The maximum absolute atomic E-state index is 12.9. The first kappa shape index (κ1) is 14.2. The van der Waals surface area contributed by atoms with E-state index in [0.717, 1.165) is 12.1 Å². The first-order valence-electron chi connectivity index (χ1n) is 6.33. The van der Waals surface area contributed by atoms with Gasteiger partial charge in [0.2, 0.25) is 0 Å². The van der Waals surface area contributed by atoms with Crippen LogP contribution in [0.5, 0.6) is 5.75 Å². The van der Waals surface area contributed by atoms with E-state index in [9.17, 15) is 13.6 Å². The Hall–Kier alpha value is -2.23. The van der Waals surface area contributed by atoms with E-state index in [1.807, 2.05) is 18.2 Å². The van der Waals surface area contributed by atoms with Gasteiger partial charge in [-0.2, -0.15) is 0 Å². The molecule has 0 spiro atoms. The molecule has 0 saturated carbocycles. The second-order valence-electron chi connectivity index (χ2n) is 4.32. The number of hydrogen-bond acceptors (Lipinski definition) is 2. The molecule has 20 heavy (non-hydrogen) atoms. The zero-order valence-corrected chi connectivity index (χ0v) is 10.8. The number of benzene rings is 2. The van der Waals surface area contributed by atoms with Crippen LogP contribution in [0.25, 0.3) is 0 Å². The second kappa shape index (κ2) is 6.80. The smallest absolute Gasteiger partial charge is 0.163 e. The van der Waals surface area contributed by atoms with Gasteiger partial charge in [-0.15, -0.1) is 0 Å². The number of carbonyl (C=O) groups is 1. The lowest BCUT2D eigenvalue weighted by Crippen LogP contribution is -2.04. The van der Waals surface area contributed by atoms with Crippen LogP contribution < -0.4 is 4.74 Å². The van der Waals surface area contributed by atoms with E-state index >= 15 is 0 Å². The minimum Gasteiger partial charge on any atom is -0.493 e. The summed E-state index contributed by atoms with van der Waals surface area (Å²) >= 11 is 0. The van der Waals surface area contributed by atoms with Gasteiger partial charge < -0.3 is 4.74 Å². The second-order valence-corrected chi connectivity index (χ2v) is 4.32. The van der Waals surface area contributed by atoms with Crippen molar-refractivity contribution in [1.82, 2.24) is 0 Å². The van der Waals surface area contributed by atoms with E-state index in [2.05, 4.69) is 0 Å². The van der Waals surface area contributed by atoms with Gasteiger partial charge in [-0.1, -0.05) is 30.3 Å². The number of halogens is 2. The molecule has 0 radical (unpaired) electrons. The molecule has 0 atom stereocenters. The number of Topliss-reactive ketones (excluding diaryl/α,β-unsaturated/α-hetero) is 1. The molecule has 0 unspecified atom stereocenters. The van der Waals surface area contributed by atoms with Crippen molar-refractivity contribution in [3.05, 3.63) is 65.7 Å². The molecular formula is C16H14F2O2. The molecule has 0 amide bonds. The third-order valence-corrected chi connectivity index (χ3v) is 2.80. The van der Waals surface area contributed by atoms with Crippen LogP contribution in [0.4, 0.5) is 8.78 Å². The average molecular weight is 276 g/mol. The summed E-state index contributed by atoms with van der Waals surface area (Å²) < 4.78 is 30.9. The highest BCUT2D eigenvalue weighted by Crippen LogP contribution is 2.16. The predicted molar refractivity (Wildman–Crippen MR) is 71.9 cm³/mol. The number of rotatable bonds is 6. The topological polar surface area (TPSA) is 26.3 Å². The molecule has 2 rings (SSSR count). The monoisotopic (exact) mass is 276 g/mol. The number of carbonyl (C=O) groups excluding carboxylic acids is 1. The Morgan fingerprint density at radius 1 is 1.00 bits per heavy atom. The fraction of sp³-hybridized carbons (Fsp3) is 0.188. The standard InChI is InChI=1S/C16H14F2O2/c17-14-9-8-13(11-15(14)18)20-10-4-7-16(19)12-5-2-1-3-6-12/h1-3,5-6,8-9,11H,4,7,10H2. The lowest BCUT2D eigenvalue weighted by Gasteiger charge is -2.06. The number of ether oxygens (including phenoxy) is 1. The molecule has 0 fully saturated rings. The van der Waals surface area contributed by atoms with Gasteiger partial charge in [0, 0.05) is 18.1 Å². The Labute approximate surface area is 116 Å². The summed E-state index contributed by atoms with van der Waals surface area (Å²) in [6.45, 7) is 0.281. The first-order valence-corrected chi connectivity index (χ1v) is 6.33. The molecule has 2 nitrogen and oxygen atoms in total. The summed E-state index contributed by atoms with van der Waals surface area (Å²) in [5.74, 6) is -1.55. The Bertz CT molecular complexity index is 582. The molecule has 2 aromatic rings. The molecule has 4 heteroatoms. The fourth-order valence-electron chi connectivity index (χ4n) is 1.76. The number of hydrogen-bond donors (Lipinski definition) is 0. The summed E-state index contributed by atoms with van der Waals surface area (Å²) in [4.78, 5) is 11.8. The Morgan fingerprint density at radius 2 is 1.75 bits per heavy atom. The molecule has 0 bridgehead atoms. The van der Waals surface area contributed by atoms with Crippen LogP contribution in [-0.2, 0) is 0 Å². The van der Waals surface area contributed by atoms with E-state index in [4.69, 9.17) is 4.74 Å². The van der Waals surface area contributed by atoms with Crippen LogP contribution in [0, 0.1) is 11.6 Å². The Balaban J connectivity index is 1.76. The van der Waals surface area contributed by atoms with Crippen molar-refractivity contribution in [2.24, 2.45) is 0 Å². The molecule has 0 aliphatic rings. The minimum atomic E-state index is -0.942.